The Morgan fingerprint density at radius 2 is 2.38 bits per heavy atom. The predicted molar refractivity (Wildman–Crippen MR) is 81.2 cm³/mol. The molecule has 0 amide bonds. The second-order valence-corrected chi connectivity index (χ2v) is 5.34. The highest BCUT2D eigenvalue weighted by Gasteiger charge is 2.21. The zero-order valence-corrected chi connectivity index (χ0v) is 12.5. The normalized spacial score (nSPS) is 13.0. The fraction of sp³-hybridized carbons (Fsp3) is 0.333. The molecule has 0 radical (unpaired) electrons. The first-order valence-electron chi connectivity index (χ1n) is 6.82. The molecule has 0 fully saturated rings. The second kappa shape index (κ2) is 5.87. The van der Waals surface area contributed by atoms with Crippen molar-refractivity contribution in [3.05, 3.63) is 46.2 Å². The molecule has 0 saturated heterocycles. The summed E-state index contributed by atoms with van der Waals surface area (Å²) in [5.74, 6) is -0.108. The summed E-state index contributed by atoms with van der Waals surface area (Å²) in [6.45, 7) is 1.89. The van der Waals surface area contributed by atoms with Crippen LogP contribution in [0.25, 0.3) is 0 Å². The number of benzene rings is 1. The third-order valence-corrected chi connectivity index (χ3v) is 3.87. The van der Waals surface area contributed by atoms with Crippen LogP contribution in [0.15, 0.2) is 24.4 Å². The van der Waals surface area contributed by atoms with Gasteiger partial charge in [0.2, 0.25) is 5.78 Å². The van der Waals surface area contributed by atoms with E-state index in [0.717, 1.165) is 18.7 Å². The molecule has 2 heterocycles. The lowest BCUT2D eigenvalue weighted by atomic mass is 10.0. The third-order valence-electron chi connectivity index (χ3n) is 3.59. The molecule has 0 saturated carbocycles. The number of ketones is 1. The van der Waals surface area contributed by atoms with Crippen molar-refractivity contribution in [2.75, 3.05) is 25.6 Å². The molecule has 1 aliphatic heterocycles. The first kappa shape index (κ1) is 14.1. The first-order chi connectivity index (χ1) is 10.2. The molecule has 0 bridgehead atoms. The molecule has 3 rings (SSSR count). The molecule has 0 spiro atoms. The van der Waals surface area contributed by atoms with E-state index in [4.69, 9.17) is 16.3 Å². The standard InChI is InChI=1S/C15H16ClN3O2/c1-21-7-6-19-14(12(16)9-18-19)15(20)11-2-3-13-10(8-11)4-5-17-13/h2-3,8-9,17H,4-7H2,1H3. The van der Waals surface area contributed by atoms with Gasteiger partial charge in [0.15, 0.2) is 0 Å². The minimum atomic E-state index is -0.108. The van der Waals surface area contributed by atoms with Crippen LogP contribution in [0.3, 0.4) is 0 Å². The average Bonchev–Trinajstić information content (AvgIpc) is 3.10. The van der Waals surface area contributed by atoms with Gasteiger partial charge in [0, 0.05) is 24.9 Å². The first-order valence-corrected chi connectivity index (χ1v) is 7.20. The topological polar surface area (TPSA) is 56.2 Å². The molecule has 110 valence electrons. The number of rotatable bonds is 5. The largest absolute Gasteiger partial charge is 0.384 e. The van der Waals surface area contributed by atoms with Crippen molar-refractivity contribution in [1.82, 2.24) is 9.78 Å². The Morgan fingerprint density at radius 1 is 1.52 bits per heavy atom. The molecule has 5 nitrogen and oxygen atoms in total. The average molecular weight is 306 g/mol. The van der Waals surface area contributed by atoms with Crippen molar-refractivity contribution in [3.8, 4) is 0 Å². The summed E-state index contributed by atoms with van der Waals surface area (Å²) in [7, 11) is 1.61. The van der Waals surface area contributed by atoms with Crippen molar-refractivity contribution in [2.45, 2.75) is 13.0 Å². The summed E-state index contributed by atoms with van der Waals surface area (Å²) < 4.78 is 6.63. The highest BCUT2D eigenvalue weighted by molar-refractivity contribution is 6.34. The maximum Gasteiger partial charge on any atom is 0.212 e. The van der Waals surface area contributed by atoms with E-state index in [9.17, 15) is 4.79 Å². The molecule has 21 heavy (non-hydrogen) atoms. The van der Waals surface area contributed by atoms with Crippen LogP contribution >= 0.6 is 11.6 Å². The van der Waals surface area contributed by atoms with Crippen LogP contribution in [0.1, 0.15) is 21.6 Å². The summed E-state index contributed by atoms with van der Waals surface area (Å²) in [4.78, 5) is 12.7. The number of carbonyl (C=O) groups excluding carboxylic acids is 1. The van der Waals surface area contributed by atoms with Crippen LogP contribution in [-0.4, -0.2) is 35.8 Å². The zero-order valence-electron chi connectivity index (χ0n) is 11.7. The molecular formula is C15H16ClN3O2. The molecule has 0 aliphatic carbocycles. The van der Waals surface area contributed by atoms with Gasteiger partial charge in [-0.2, -0.15) is 5.10 Å². The molecular weight excluding hydrogens is 290 g/mol. The van der Waals surface area contributed by atoms with Gasteiger partial charge in [-0.15, -0.1) is 0 Å². The quantitative estimate of drug-likeness (QED) is 0.862. The number of aromatic nitrogens is 2. The maximum atomic E-state index is 12.7. The minimum absolute atomic E-state index is 0.108. The number of anilines is 1. The Labute approximate surface area is 127 Å². The van der Waals surface area contributed by atoms with Gasteiger partial charge in [0.05, 0.1) is 24.4 Å². The number of nitrogens with zero attached hydrogens (tertiary/aromatic N) is 2. The molecule has 1 aromatic carbocycles. The van der Waals surface area contributed by atoms with E-state index >= 15 is 0 Å². The van der Waals surface area contributed by atoms with Crippen molar-refractivity contribution >= 4 is 23.1 Å². The number of halogens is 1. The van der Waals surface area contributed by atoms with Gasteiger partial charge < -0.3 is 10.1 Å². The molecule has 6 heteroatoms. The lowest BCUT2D eigenvalue weighted by Gasteiger charge is -2.08. The molecule has 1 aromatic heterocycles. The van der Waals surface area contributed by atoms with Crippen LogP contribution < -0.4 is 5.32 Å². The smallest absolute Gasteiger partial charge is 0.212 e. The van der Waals surface area contributed by atoms with E-state index in [-0.39, 0.29) is 5.78 Å². The number of hydrogen-bond donors (Lipinski definition) is 1. The van der Waals surface area contributed by atoms with Crippen molar-refractivity contribution in [2.24, 2.45) is 0 Å². The highest BCUT2D eigenvalue weighted by atomic mass is 35.5. The lowest BCUT2D eigenvalue weighted by molar-refractivity contribution is 0.102. The molecule has 1 N–H and O–H groups in total. The van der Waals surface area contributed by atoms with Crippen LogP contribution in [-0.2, 0) is 17.7 Å². The van der Waals surface area contributed by atoms with Gasteiger partial charge in [-0.25, -0.2) is 0 Å². The Bertz CT molecular complexity index is 682. The van der Waals surface area contributed by atoms with Crippen LogP contribution in [0.5, 0.6) is 0 Å². The monoisotopic (exact) mass is 305 g/mol. The SMILES string of the molecule is COCCn1ncc(Cl)c1C(=O)c1ccc2c(c1)CCN2. The number of methoxy groups -OCH3 is 1. The number of nitrogens with one attached hydrogen (secondary N) is 1. The van der Waals surface area contributed by atoms with Crippen LogP contribution in [0.4, 0.5) is 5.69 Å². The van der Waals surface area contributed by atoms with E-state index in [1.807, 2.05) is 18.2 Å². The summed E-state index contributed by atoms with van der Waals surface area (Å²) >= 11 is 6.13. The summed E-state index contributed by atoms with van der Waals surface area (Å²) in [6.07, 6.45) is 2.44. The zero-order chi connectivity index (χ0) is 14.8. The summed E-state index contributed by atoms with van der Waals surface area (Å²) in [5, 5.41) is 7.79. The van der Waals surface area contributed by atoms with Gasteiger partial charge in [-0.3, -0.25) is 9.48 Å². The number of fused-ring (bicyclic) bond motifs is 1. The minimum Gasteiger partial charge on any atom is -0.384 e. The van der Waals surface area contributed by atoms with Crippen molar-refractivity contribution in [1.29, 1.82) is 0 Å². The Hall–Kier alpha value is -1.85. The van der Waals surface area contributed by atoms with Gasteiger partial charge in [0.25, 0.3) is 0 Å². The Kier molecular flexibility index (Phi) is 3.94. The van der Waals surface area contributed by atoms with E-state index in [1.165, 1.54) is 11.8 Å². The number of carbonyl (C=O) groups is 1. The van der Waals surface area contributed by atoms with Crippen molar-refractivity contribution < 1.29 is 9.53 Å². The summed E-state index contributed by atoms with van der Waals surface area (Å²) in [5.41, 5.74) is 3.32. The van der Waals surface area contributed by atoms with E-state index in [1.54, 1.807) is 11.8 Å². The fourth-order valence-electron chi connectivity index (χ4n) is 2.52. The van der Waals surface area contributed by atoms with Gasteiger partial charge >= 0.3 is 0 Å². The number of ether oxygens (including phenoxy) is 1. The fourth-order valence-corrected chi connectivity index (χ4v) is 2.75. The lowest BCUT2D eigenvalue weighted by Crippen LogP contribution is -2.15. The van der Waals surface area contributed by atoms with Crippen LogP contribution in [0, 0.1) is 0 Å². The second-order valence-electron chi connectivity index (χ2n) is 4.93. The Balaban J connectivity index is 1.93. The highest BCUT2D eigenvalue weighted by Crippen LogP contribution is 2.26. The van der Waals surface area contributed by atoms with Crippen molar-refractivity contribution in [3.63, 3.8) is 0 Å². The molecule has 0 atom stereocenters. The molecule has 0 unspecified atom stereocenters. The van der Waals surface area contributed by atoms with Gasteiger partial charge in [-0.1, -0.05) is 11.6 Å². The van der Waals surface area contributed by atoms with E-state index < -0.39 is 0 Å². The van der Waals surface area contributed by atoms with E-state index in [2.05, 4.69) is 10.4 Å². The van der Waals surface area contributed by atoms with E-state index in [0.29, 0.717) is 29.4 Å². The van der Waals surface area contributed by atoms with Crippen LogP contribution in [0.2, 0.25) is 5.02 Å². The molecule has 2 aromatic rings. The number of hydrogen-bond acceptors (Lipinski definition) is 4. The summed E-state index contributed by atoms with van der Waals surface area (Å²) in [6, 6.07) is 5.70. The Morgan fingerprint density at radius 3 is 3.19 bits per heavy atom. The maximum absolute atomic E-state index is 12.7. The molecule has 1 aliphatic rings. The predicted octanol–water partition coefficient (Wildman–Crippen LogP) is 2.38. The van der Waals surface area contributed by atoms with Gasteiger partial charge in [0.1, 0.15) is 5.69 Å². The van der Waals surface area contributed by atoms with Gasteiger partial charge in [-0.05, 0) is 30.2 Å². The third kappa shape index (κ3) is 2.66.